The predicted octanol–water partition coefficient (Wildman–Crippen LogP) is 2.33. The maximum Gasteiger partial charge on any atom is 0.238 e. The number of sulfonamides is 1. The fraction of sp³-hybridized carbons (Fsp3) is 0.556. The Labute approximate surface area is 155 Å². The molecule has 0 atom stereocenters. The van der Waals surface area contributed by atoms with E-state index in [0.717, 1.165) is 37.1 Å². The molecule has 144 valence electrons. The molecule has 0 spiro atoms. The zero-order chi connectivity index (χ0) is 19.3. The van der Waals surface area contributed by atoms with Crippen LogP contribution in [0.15, 0.2) is 23.1 Å². The molecule has 2 rings (SSSR count). The molecule has 0 fully saturated rings. The average Bonchev–Trinajstić information content (AvgIpc) is 2.94. The summed E-state index contributed by atoms with van der Waals surface area (Å²) in [5.74, 6) is 0.798. The lowest BCUT2D eigenvalue weighted by Crippen LogP contribution is -2.34. The second-order valence-corrected chi connectivity index (χ2v) is 8.02. The molecular weight excluding hydrogens is 352 g/mol. The van der Waals surface area contributed by atoms with Crippen LogP contribution >= 0.6 is 0 Å². The van der Waals surface area contributed by atoms with Gasteiger partial charge in [-0.15, -0.1) is 0 Å². The molecule has 0 aliphatic rings. The number of nitrogens with zero attached hydrogens (tertiary/aromatic N) is 2. The topological polar surface area (TPSA) is 107 Å². The highest BCUT2D eigenvalue weighted by Crippen LogP contribution is 2.21. The molecule has 1 heterocycles. The average molecular weight is 381 g/mol. The zero-order valence-electron chi connectivity index (χ0n) is 15.7. The minimum atomic E-state index is -3.77. The molecule has 1 aromatic carbocycles. The van der Waals surface area contributed by atoms with E-state index >= 15 is 0 Å². The molecule has 0 aliphatic carbocycles. The summed E-state index contributed by atoms with van der Waals surface area (Å²) in [6.45, 7) is 6.93. The van der Waals surface area contributed by atoms with E-state index in [1.165, 1.54) is 12.1 Å². The van der Waals surface area contributed by atoms with Crippen LogP contribution in [-0.4, -0.2) is 29.9 Å². The van der Waals surface area contributed by atoms with Crippen molar-refractivity contribution in [1.29, 1.82) is 0 Å². The van der Waals surface area contributed by atoms with Gasteiger partial charge in [0.15, 0.2) is 0 Å². The molecule has 7 nitrogen and oxygen atoms in total. The van der Waals surface area contributed by atoms with Crippen LogP contribution in [0.25, 0.3) is 11.0 Å². The Balaban J connectivity index is 2.25. The molecule has 2 aromatic rings. The van der Waals surface area contributed by atoms with Crippen LogP contribution in [0.2, 0.25) is 0 Å². The maximum atomic E-state index is 12.2. The van der Waals surface area contributed by atoms with E-state index in [9.17, 15) is 13.2 Å². The Morgan fingerprint density at radius 3 is 2.54 bits per heavy atom. The number of amides is 1. The van der Waals surface area contributed by atoms with Gasteiger partial charge in [0, 0.05) is 25.4 Å². The number of benzene rings is 1. The van der Waals surface area contributed by atoms with Gasteiger partial charge in [-0.1, -0.05) is 20.8 Å². The van der Waals surface area contributed by atoms with Crippen molar-refractivity contribution in [2.75, 3.05) is 0 Å². The molecule has 26 heavy (non-hydrogen) atoms. The van der Waals surface area contributed by atoms with Gasteiger partial charge < -0.3 is 9.88 Å². The van der Waals surface area contributed by atoms with Crippen molar-refractivity contribution in [3.05, 3.63) is 24.0 Å². The lowest BCUT2D eigenvalue weighted by atomic mass is 10.1. The molecule has 0 radical (unpaired) electrons. The number of hydrogen-bond acceptors (Lipinski definition) is 4. The van der Waals surface area contributed by atoms with Gasteiger partial charge in [0.05, 0.1) is 15.9 Å². The van der Waals surface area contributed by atoms with Crippen molar-refractivity contribution in [3.63, 3.8) is 0 Å². The summed E-state index contributed by atoms with van der Waals surface area (Å²) in [6.07, 6.45) is 3.59. The van der Waals surface area contributed by atoms with Gasteiger partial charge in [-0.05, 0) is 37.5 Å². The molecule has 0 saturated heterocycles. The van der Waals surface area contributed by atoms with E-state index in [-0.39, 0.29) is 16.8 Å². The lowest BCUT2D eigenvalue weighted by molar-refractivity contribution is -0.121. The van der Waals surface area contributed by atoms with Crippen LogP contribution in [0.5, 0.6) is 0 Å². The third kappa shape index (κ3) is 4.82. The van der Waals surface area contributed by atoms with Crippen molar-refractivity contribution >= 4 is 27.0 Å². The number of imidazole rings is 1. The number of primary sulfonamides is 1. The summed E-state index contributed by atoms with van der Waals surface area (Å²) in [5, 5.41) is 8.24. The van der Waals surface area contributed by atoms with E-state index in [4.69, 9.17) is 5.14 Å². The molecule has 3 N–H and O–H groups in total. The van der Waals surface area contributed by atoms with Gasteiger partial charge in [-0.25, -0.2) is 18.5 Å². The van der Waals surface area contributed by atoms with Crippen LogP contribution in [0, 0.1) is 0 Å². The van der Waals surface area contributed by atoms with Gasteiger partial charge in [0.2, 0.25) is 15.9 Å². The monoisotopic (exact) mass is 380 g/mol. The van der Waals surface area contributed by atoms with Gasteiger partial charge in [0.25, 0.3) is 0 Å². The van der Waals surface area contributed by atoms with E-state index < -0.39 is 10.0 Å². The minimum absolute atomic E-state index is 0.0130. The van der Waals surface area contributed by atoms with Crippen molar-refractivity contribution < 1.29 is 13.2 Å². The van der Waals surface area contributed by atoms with Crippen LogP contribution in [0.3, 0.4) is 0 Å². The van der Waals surface area contributed by atoms with Crippen molar-refractivity contribution in [2.24, 2.45) is 5.14 Å². The Morgan fingerprint density at radius 1 is 1.27 bits per heavy atom. The molecule has 0 bridgehead atoms. The number of nitrogens with one attached hydrogen (secondary N) is 1. The van der Waals surface area contributed by atoms with Gasteiger partial charge >= 0.3 is 0 Å². The van der Waals surface area contributed by atoms with Gasteiger partial charge in [0.1, 0.15) is 5.82 Å². The first-order chi connectivity index (χ1) is 12.3. The molecule has 0 aliphatic heterocycles. The number of fused-ring (bicyclic) bond motifs is 1. The highest BCUT2D eigenvalue weighted by molar-refractivity contribution is 7.89. The van der Waals surface area contributed by atoms with Crippen molar-refractivity contribution in [2.45, 2.75) is 70.4 Å². The maximum absolute atomic E-state index is 12.2. The first-order valence-electron chi connectivity index (χ1n) is 9.11. The quantitative estimate of drug-likeness (QED) is 0.696. The molecule has 0 saturated carbocycles. The first-order valence-corrected chi connectivity index (χ1v) is 10.7. The van der Waals surface area contributed by atoms with Gasteiger partial charge in [-0.2, -0.15) is 0 Å². The molecule has 1 aromatic heterocycles. The second kappa shape index (κ2) is 8.64. The van der Waals surface area contributed by atoms with Gasteiger partial charge in [-0.3, -0.25) is 4.79 Å². The number of hydrogen-bond donors (Lipinski definition) is 2. The van der Waals surface area contributed by atoms with E-state index in [1.54, 1.807) is 6.07 Å². The highest BCUT2D eigenvalue weighted by Gasteiger charge is 2.16. The molecule has 8 heteroatoms. The van der Waals surface area contributed by atoms with Crippen LogP contribution < -0.4 is 10.5 Å². The van der Waals surface area contributed by atoms with E-state index in [2.05, 4.69) is 31.1 Å². The summed E-state index contributed by atoms with van der Waals surface area (Å²) in [4.78, 5) is 16.8. The fourth-order valence-corrected chi connectivity index (χ4v) is 3.55. The standard InChI is InChI=1S/C18H28N4O3S/c1-4-11-22-16-8-7-14(26(19,24)25)12-15(16)21-17(22)9-10-18(23)20-13(5-2)6-3/h7-8,12-13H,4-6,9-11H2,1-3H3,(H,20,23)(H2,19,24,25). The number of carbonyl (C=O) groups is 1. The SMILES string of the molecule is CCCn1c(CCC(=O)NC(CC)CC)nc2cc(S(N)(=O)=O)ccc21. The Morgan fingerprint density at radius 2 is 1.96 bits per heavy atom. The molecular formula is C18H28N4O3S. The fourth-order valence-electron chi connectivity index (χ4n) is 3.02. The number of aryl methyl sites for hydroxylation is 2. The third-order valence-corrected chi connectivity index (χ3v) is 5.41. The summed E-state index contributed by atoms with van der Waals surface area (Å²) in [6, 6.07) is 4.92. The van der Waals surface area contributed by atoms with E-state index in [1.807, 2.05) is 4.57 Å². The van der Waals surface area contributed by atoms with Crippen molar-refractivity contribution in [1.82, 2.24) is 14.9 Å². The molecule has 0 unspecified atom stereocenters. The summed E-state index contributed by atoms with van der Waals surface area (Å²) in [5.41, 5.74) is 1.44. The van der Waals surface area contributed by atoms with E-state index in [0.29, 0.717) is 18.4 Å². The third-order valence-electron chi connectivity index (χ3n) is 4.50. The number of nitrogens with two attached hydrogens (primary N) is 1. The molecule has 1 amide bonds. The second-order valence-electron chi connectivity index (χ2n) is 6.46. The van der Waals surface area contributed by atoms with Crippen molar-refractivity contribution in [3.8, 4) is 0 Å². The van der Waals surface area contributed by atoms with Crippen LogP contribution in [-0.2, 0) is 27.8 Å². The smallest absolute Gasteiger partial charge is 0.238 e. The Bertz CT molecular complexity index is 870. The minimum Gasteiger partial charge on any atom is -0.353 e. The highest BCUT2D eigenvalue weighted by atomic mass is 32.2. The largest absolute Gasteiger partial charge is 0.353 e. The Kier molecular flexibility index (Phi) is 6.77. The number of rotatable bonds is 9. The number of carbonyl (C=O) groups excluding carboxylic acids is 1. The van der Waals surface area contributed by atoms with Crippen LogP contribution in [0.1, 0.15) is 52.3 Å². The predicted molar refractivity (Wildman–Crippen MR) is 102 cm³/mol. The summed E-state index contributed by atoms with van der Waals surface area (Å²) in [7, 11) is -3.77. The first kappa shape index (κ1) is 20.4. The lowest BCUT2D eigenvalue weighted by Gasteiger charge is -2.14. The summed E-state index contributed by atoms with van der Waals surface area (Å²) < 4.78 is 25.2. The Hall–Kier alpha value is -1.93. The summed E-state index contributed by atoms with van der Waals surface area (Å²) >= 11 is 0. The normalized spacial score (nSPS) is 12.0. The van der Waals surface area contributed by atoms with Crippen LogP contribution in [0.4, 0.5) is 0 Å². The number of aromatic nitrogens is 2. The zero-order valence-corrected chi connectivity index (χ0v) is 16.5.